The molecule has 3 aromatic carbocycles. The molecule has 1 aliphatic rings. The third kappa shape index (κ3) is 5.93. The summed E-state index contributed by atoms with van der Waals surface area (Å²) in [6.07, 6.45) is 1.57. The van der Waals surface area contributed by atoms with Crippen LogP contribution in [-0.2, 0) is 17.9 Å². The number of hydrogen-bond donors (Lipinski definition) is 0. The molecule has 1 saturated heterocycles. The molecule has 0 radical (unpaired) electrons. The van der Waals surface area contributed by atoms with Crippen LogP contribution in [0.2, 0.25) is 0 Å². The van der Waals surface area contributed by atoms with E-state index in [2.05, 4.69) is 0 Å². The van der Waals surface area contributed by atoms with Gasteiger partial charge in [0, 0.05) is 24.3 Å². The van der Waals surface area contributed by atoms with E-state index in [0.717, 1.165) is 22.2 Å². The van der Waals surface area contributed by atoms with Crippen LogP contribution in [0.5, 0.6) is 11.5 Å². The van der Waals surface area contributed by atoms with Gasteiger partial charge in [-0.05, 0) is 58.8 Å². The molecule has 1 aliphatic heterocycles. The molecule has 0 N–H and O–H groups in total. The molecule has 0 atom stereocenters. The third-order valence-corrected chi connectivity index (χ3v) is 6.30. The smallest absolute Gasteiger partial charge is 0.293 e. The summed E-state index contributed by atoms with van der Waals surface area (Å²) in [5.41, 5.74) is 1.85. The number of nitro groups is 2. The summed E-state index contributed by atoms with van der Waals surface area (Å²) >= 11 is 0.803. The predicted molar refractivity (Wildman–Crippen MR) is 135 cm³/mol. The topological polar surface area (TPSA) is 142 Å². The highest BCUT2D eigenvalue weighted by Gasteiger charge is 2.35. The Bertz CT molecular complexity index is 1400. The van der Waals surface area contributed by atoms with E-state index in [-0.39, 0.29) is 29.4 Å². The van der Waals surface area contributed by atoms with Gasteiger partial charge in [0.2, 0.25) is 0 Å². The molecule has 11 nitrogen and oxygen atoms in total. The third-order valence-electron chi connectivity index (χ3n) is 5.39. The maximum absolute atomic E-state index is 12.9. The molecule has 0 aliphatic carbocycles. The van der Waals surface area contributed by atoms with Gasteiger partial charge in [-0.2, -0.15) is 0 Å². The van der Waals surface area contributed by atoms with Crippen LogP contribution < -0.4 is 9.47 Å². The lowest BCUT2D eigenvalue weighted by molar-refractivity contribution is -0.385. The van der Waals surface area contributed by atoms with Crippen molar-refractivity contribution in [3.05, 3.63) is 109 Å². The number of amides is 2. The minimum Gasteiger partial charge on any atom is -0.493 e. The van der Waals surface area contributed by atoms with Crippen LogP contribution in [0.3, 0.4) is 0 Å². The number of rotatable bonds is 9. The zero-order valence-electron chi connectivity index (χ0n) is 19.4. The normalized spacial score (nSPS) is 14.2. The molecule has 3 aromatic rings. The first-order valence-corrected chi connectivity index (χ1v) is 11.6. The fourth-order valence-electron chi connectivity index (χ4n) is 3.46. The Morgan fingerprint density at radius 1 is 0.865 bits per heavy atom. The maximum atomic E-state index is 12.9. The average molecular weight is 522 g/mol. The molecule has 0 spiro atoms. The number of carbonyl (C=O) groups is 2. The molecule has 0 saturated carbocycles. The van der Waals surface area contributed by atoms with E-state index in [0.29, 0.717) is 22.6 Å². The molecule has 12 heteroatoms. The SMILES string of the molecule is COc1cc(C=C2SC(=O)N(Cc3ccc([N+](=O)[O-])cc3)C2=O)ccc1OCc1ccc([N+](=O)[O-])cc1. The highest BCUT2D eigenvalue weighted by molar-refractivity contribution is 8.18. The number of nitrogens with zero attached hydrogens (tertiary/aromatic N) is 3. The van der Waals surface area contributed by atoms with Crippen LogP contribution in [0.4, 0.5) is 16.2 Å². The summed E-state index contributed by atoms with van der Waals surface area (Å²) in [6.45, 7) is 0.161. The first-order chi connectivity index (χ1) is 17.7. The zero-order chi connectivity index (χ0) is 26.5. The number of methoxy groups -OCH3 is 1. The van der Waals surface area contributed by atoms with Gasteiger partial charge in [0.25, 0.3) is 22.5 Å². The van der Waals surface area contributed by atoms with Crippen LogP contribution in [0.15, 0.2) is 71.6 Å². The van der Waals surface area contributed by atoms with Crippen LogP contribution >= 0.6 is 11.8 Å². The van der Waals surface area contributed by atoms with Gasteiger partial charge < -0.3 is 9.47 Å². The van der Waals surface area contributed by atoms with Gasteiger partial charge in [0.05, 0.1) is 28.4 Å². The number of thioether (sulfide) groups is 1. The van der Waals surface area contributed by atoms with E-state index in [4.69, 9.17) is 9.47 Å². The van der Waals surface area contributed by atoms with E-state index >= 15 is 0 Å². The number of carbonyl (C=O) groups excluding carboxylic acids is 2. The van der Waals surface area contributed by atoms with Crippen molar-refractivity contribution in [3.8, 4) is 11.5 Å². The lowest BCUT2D eigenvalue weighted by Gasteiger charge is -2.12. The quantitative estimate of drug-likeness (QED) is 0.207. The van der Waals surface area contributed by atoms with Gasteiger partial charge in [-0.1, -0.05) is 18.2 Å². The molecular formula is C25H19N3O8S. The van der Waals surface area contributed by atoms with Crippen LogP contribution in [0.1, 0.15) is 16.7 Å². The van der Waals surface area contributed by atoms with E-state index in [9.17, 15) is 29.8 Å². The van der Waals surface area contributed by atoms with E-state index in [1.807, 2.05) is 0 Å². The van der Waals surface area contributed by atoms with Crippen LogP contribution in [0, 0.1) is 20.2 Å². The van der Waals surface area contributed by atoms with E-state index in [1.54, 1.807) is 36.4 Å². The van der Waals surface area contributed by atoms with Crippen molar-refractivity contribution in [1.82, 2.24) is 4.90 Å². The summed E-state index contributed by atoms with van der Waals surface area (Å²) in [7, 11) is 1.47. The number of hydrogen-bond acceptors (Lipinski definition) is 9. The highest BCUT2D eigenvalue weighted by Crippen LogP contribution is 2.35. The molecular weight excluding hydrogens is 502 g/mol. The van der Waals surface area contributed by atoms with Crippen molar-refractivity contribution >= 4 is 40.4 Å². The number of imide groups is 1. The molecule has 0 unspecified atom stereocenters. The van der Waals surface area contributed by atoms with Gasteiger partial charge >= 0.3 is 0 Å². The number of ether oxygens (including phenoxy) is 2. The summed E-state index contributed by atoms with van der Waals surface area (Å²) in [6, 6.07) is 16.7. The molecule has 1 fully saturated rings. The largest absolute Gasteiger partial charge is 0.493 e. The van der Waals surface area contributed by atoms with Gasteiger partial charge in [-0.25, -0.2) is 0 Å². The highest BCUT2D eigenvalue weighted by atomic mass is 32.2. The number of benzene rings is 3. The van der Waals surface area contributed by atoms with Crippen LogP contribution in [-0.4, -0.2) is 33.0 Å². The Morgan fingerprint density at radius 2 is 1.46 bits per heavy atom. The Labute approximate surface area is 214 Å². The summed E-state index contributed by atoms with van der Waals surface area (Å²) in [4.78, 5) is 47.2. The van der Waals surface area contributed by atoms with Crippen LogP contribution in [0.25, 0.3) is 6.08 Å². The summed E-state index contributed by atoms with van der Waals surface area (Å²) in [5, 5.41) is 21.2. The zero-order valence-corrected chi connectivity index (χ0v) is 20.2. The molecule has 37 heavy (non-hydrogen) atoms. The Kier molecular flexibility index (Phi) is 7.49. The minimum atomic E-state index is -0.521. The lowest BCUT2D eigenvalue weighted by atomic mass is 10.1. The van der Waals surface area contributed by atoms with Crippen molar-refractivity contribution in [1.29, 1.82) is 0 Å². The molecule has 4 rings (SSSR count). The standard InChI is InChI=1S/C25H19N3O8S/c1-35-22-12-18(6-11-21(22)36-15-17-4-9-20(10-5-17)28(33)34)13-23-24(29)26(25(30)37-23)14-16-2-7-19(8-3-16)27(31)32/h2-13H,14-15H2,1H3. The van der Waals surface area contributed by atoms with Crippen molar-refractivity contribution in [2.24, 2.45) is 0 Å². The number of non-ortho nitro benzene ring substituents is 2. The number of nitro benzene ring substituents is 2. The Morgan fingerprint density at radius 3 is 2.03 bits per heavy atom. The van der Waals surface area contributed by atoms with Gasteiger partial charge in [-0.3, -0.25) is 34.7 Å². The fourth-order valence-corrected chi connectivity index (χ4v) is 4.30. The van der Waals surface area contributed by atoms with Crippen molar-refractivity contribution in [2.75, 3.05) is 7.11 Å². The van der Waals surface area contributed by atoms with Crippen molar-refractivity contribution in [2.45, 2.75) is 13.2 Å². The van der Waals surface area contributed by atoms with E-state index in [1.165, 1.54) is 43.5 Å². The summed E-state index contributed by atoms with van der Waals surface area (Å²) in [5.74, 6) is 0.371. The second kappa shape index (κ2) is 10.9. The molecule has 2 amide bonds. The first-order valence-electron chi connectivity index (χ1n) is 10.8. The predicted octanol–water partition coefficient (Wildman–Crippen LogP) is 5.33. The van der Waals surface area contributed by atoms with Gasteiger partial charge in [-0.15, -0.1) is 0 Å². The molecule has 0 aromatic heterocycles. The lowest BCUT2D eigenvalue weighted by Crippen LogP contribution is -2.27. The average Bonchev–Trinajstić information content (AvgIpc) is 3.15. The molecule has 1 heterocycles. The first kappa shape index (κ1) is 25.4. The fraction of sp³-hybridized carbons (Fsp3) is 0.120. The minimum absolute atomic E-state index is 0.00125. The Hall–Kier alpha value is -4.71. The summed E-state index contributed by atoms with van der Waals surface area (Å²) < 4.78 is 11.2. The monoisotopic (exact) mass is 521 g/mol. The van der Waals surface area contributed by atoms with Crippen molar-refractivity contribution < 1.29 is 28.9 Å². The molecule has 0 bridgehead atoms. The second-order valence-electron chi connectivity index (χ2n) is 7.81. The van der Waals surface area contributed by atoms with Gasteiger partial charge in [0.1, 0.15) is 6.61 Å². The molecule has 188 valence electrons. The van der Waals surface area contributed by atoms with E-state index < -0.39 is 21.0 Å². The second-order valence-corrected chi connectivity index (χ2v) is 8.81. The maximum Gasteiger partial charge on any atom is 0.293 e. The Balaban J connectivity index is 1.44. The van der Waals surface area contributed by atoms with Crippen molar-refractivity contribution in [3.63, 3.8) is 0 Å². The van der Waals surface area contributed by atoms with Gasteiger partial charge in [0.15, 0.2) is 11.5 Å².